The maximum atomic E-state index is 12.6. The number of nitrogens with two attached hydrogens (primary N) is 1. The first-order valence-electron chi connectivity index (χ1n) is 12.3. The van der Waals surface area contributed by atoms with Crippen molar-refractivity contribution in [3.63, 3.8) is 0 Å². The average Bonchev–Trinajstić information content (AvgIpc) is 2.79. The number of benzene rings is 1. The highest BCUT2D eigenvalue weighted by molar-refractivity contribution is 5.79. The molecule has 0 aromatic heterocycles. The van der Waals surface area contributed by atoms with Crippen molar-refractivity contribution in [2.45, 2.75) is 93.4 Å². The van der Waals surface area contributed by atoms with E-state index in [2.05, 4.69) is 0 Å². The quantitative estimate of drug-likeness (QED) is 0.329. The Labute approximate surface area is 214 Å². The maximum Gasteiger partial charge on any atom is 0.323 e. The number of hydrogen-bond acceptors (Lipinski definition) is 9. The minimum atomic E-state index is -1.03. The predicted molar refractivity (Wildman–Crippen MR) is 134 cm³/mol. The van der Waals surface area contributed by atoms with Crippen molar-refractivity contribution < 1.29 is 38.1 Å². The number of ether oxygens (including phenoxy) is 4. The van der Waals surface area contributed by atoms with Crippen molar-refractivity contribution in [2.24, 2.45) is 23.0 Å². The second-order valence-electron chi connectivity index (χ2n) is 10.2. The van der Waals surface area contributed by atoms with E-state index in [-0.39, 0.29) is 29.8 Å². The van der Waals surface area contributed by atoms with Crippen LogP contribution in [-0.2, 0) is 35.1 Å². The first kappa shape index (κ1) is 31.1. The van der Waals surface area contributed by atoms with Crippen LogP contribution in [0.4, 0.5) is 0 Å². The summed E-state index contributed by atoms with van der Waals surface area (Å²) < 4.78 is 21.7. The third-order valence-electron chi connectivity index (χ3n) is 5.82. The maximum absolute atomic E-state index is 12.6. The normalized spacial score (nSPS) is 14.1. The molecule has 0 bridgehead atoms. The molecule has 1 aromatic carbocycles. The molecule has 9 heteroatoms. The number of esters is 4. The van der Waals surface area contributed by atoms with Crippen LogP contribution in [0.3, 0.4) is 0 Å². The van der Waals surface area contributed by atoms with Crippen LogP contribution < -0.4 is 15.2 Å². The van der Waals surface area contributed by atoms with E-state index in [9.17, 15) is 19.2 Å². The van der Waals surface area contributed by atoms with E-state index in [4.69, 9.17) is 24.7 Å². The zero-order chi connectivity index (χ0) is 27.8. The lowest BCUT2D eigenvalue weighted by Crippen LogP contribution is -2.40. The SMILES string of the molecule is CCC(C)(C)C(=O)OC(C)[C@H](C)OC(=O)[C@@H](N)Cc1ccc(OC(=O)C(C)C)c(OC(=O)C(C)C)c1. The third-order valence-corrected chi connectivity index (χ3v) is 5.82. The Morgan fingerprint density at radius 2 is 1.31 bits per heavy atom. The summed E-state index contributed by atoms with van der Waals surface area (Å²) in [5.41, 5.74) is 6.01. The number of hydrogen-bond donors (Lipinski definition) is 1. The van der Waals surface area contributed by atoms with Crippen LogP contribution in [0.1, 0.15) is 74.3 Å². The van der Waals surface area contributed by atoms with Gasteiger partial charge in [-0.1, -0.05) is 40.7 Å². The lowest BCUT2D eigenvalue weighted by molar-refractivity contribution is -0.172. The molecule has 0 fully saturated rings. The Balaban J connectivity index is 2.92. The largest absolute Gasteiger partial charge is 0.458 e. The molecule has 0 saturated carbocycles. The molecular formula is C27H41NO8. The van der Waals surface area contributed by atoms with Crippen LogP contribution in [0.15, 0.2) is 18.2 Å². The molecule has 3 atom stereocenters. The molecule has 1 unspecified atom stereocenters. The number of carbonyl (C=O) groups is 4. The van der Waals surface area contributed by atoms with Crippen LogP contribution >= 0.6 is 0 Å². The van der Waals surface area contributed by atoms with E-state index in [0.29, 0.717) is 12.0 Å². The van der Waals surface area contributed by atoms with Crippen molar-refractivity contribution in [1.29, 1.82) is 0 Å². The molecule has 202 valence electrons. The summed E-state index contributed by atoms with van der Waals surface area (Å²) in [5, 5.41) is 0. The zero-order valence-corrected chi connectivity index (χ0v) is 22.9. The molecule has 1 rings (SSSR count). The molecule has 2 N–H and O–H groups in total. The van der Waals surface area contributed by atoms with Crippen LogP contribution in [0.2, 0.25) is 0 Å². The van der Waals surface area contributed by atoms with E-state index >= 15 is 0 Å². The van der Waals surface area contributed by atoms with Gasteiger partial charge in [0.25, 0.3) is 0 Å². The van der Waals surface area contributed by atoms with E-state index in [1.807, 2.05) is 6.92 Å². The predicted octanol–water partition coefficient (Wildman–Crippen LogP) is 3.98. The second kappa shape index (κ2) is 13.4. The van der Waals surface area contributed by atoms with Gasteiger partial charge in [-0.2, -0.15) is 0 Å². The molecule has 0 heterocycles. The smallest absolute Gasteiger partial charge is 0.323 e. The summed E-state index contributed by atoms with van der Waals surface area (Å²) in [5.74, 6) is -2.63. The molecule has 36 heavy (non-hydrogen) atoms. The van der Waals surface area contributed by atoms with Gasteiger partial charge < -0.3 is 24.7 Å². The van der Waals surface area contributed by atoms with Gasteiger partial charge in [0.15, 0.2) is 11.5 Å². The molecule has 0 aliphatic heterocycles. The highest BCUT2D eigenvalue weighted by atomic mass is 16.6. The van der Waals surface area contributed by atoms with Gasteiger partial charge in [0.05, 0.1) is 17.3 Å². The van der Waals surface area contributed by atoms with Crippen molar-refractivity contribution in [3.05, 3.63) is 23.8 Å². The van der Waals surface area contributed by atoms with E-state index in [1.165, 1.54) is 12.1 Å². The lowest BCUT2D eigenvalue weighted by Gasteiger charge is -2.27. The van der Waals surface area contributed by atoms with Crippen LogP contribution in [0, 0.1) is 17.3 Å². The van der Waals surface area contributed by atoms with Crippen molar-refractivity contribution in [1.82, 2.24) is 0 Å². The first-order valence-corrected chi connectivity index (χ1v) is 12.3. The van der Waals surface area contributed by atoms with Gasteiger partial charge in [0, 0.05) is 0 Å². The van der Waals surface area contributed by atoms with Crippen molar-refractivity contribution >= 4 is 23.9 Å². The van der Waals surface area contributed by atoms with Gasteiger partial charge >= 0.3 is 23.9 Å². The summed E-state index contributed by atoms with van der Waals surface area (Å²) in [6, 6.07) is 3.61. The van der Waals surface area contributed by atoms with Crippen LogP contribution in [0.5, 0.6) is 11.5 Å². The fraction of sp³-hybridized carbons (Fsp3) is 0.630. The fourth-order valence-electron chi connectivity index (χ4n) is 2.57. The zero-order valence-electron chi connectivity index (χ0n) is 22.9. The molecule has 9 nitrogen and oxygen atoms in total. The number of carbonyl (C=O) groups excluding carboxylic acids is 4. The van der Waals surface area contributed by atoms with Gasteiger partial charge in [0.2, 0.25) is 0 Å². The van der Waals surface area contributed by atoms with Crippen LogP contribution in [0.25, 0.3) is 0 Å². The fourth-order valence-corrected chi connectivity index (χ4v) is 2.57. The average molecular weight is 508 g/mol. The Hall–Kier alpha value is -2.94. The summed E-state index contributed by atoms with van der Waals surface area (Å²) in [6.07, 6.45) is -0.675. The molecule has 0 aliphatic rings. The van der Waals surface area contributed by atoms with E-state index in [1.54, 1.807) is 61.5 Å². The molecule has 0 saturated heterocycles. The molecule has 0 aliphatic carbocycles. The Morgan fingerprint density at radius 1 is 0.806 bits per heavy atom. The topological polar surface area (TPSA) is 131 Å². The van der Waals surface area contributed by atoms with Gasteiger partial charge in [-0.05, 0) is 58.2 Å². The second-order valence-corrected chi connectivity index (χ2v) is 10.2. The summed E-state index contributed by atoms with van der Waals surface area (Å²) in [7, 11) is 0. The standard InChI is InChI=1S/C27H41NO8/c1-10-27(8,9)26(32)34-18(7)17(6)33-25(31)20(28)13-19-11-12-21(35-23(29)15(2)3)22(14-19)36-24(30)16(4)5/h11-12,14-18,20H,10,13,28H2,1-9H3/t17-,18?,20-/m0/s1. The Morgan fingerprint density at radius 3 is 1.81 bits per heavy atom. The van der Waals surface area contributed by atoms with Gasteiger partial charge in [-0.15, -0.1) is 0 Å². The lowest BCUT2D eigenvalue weighted by atomic mass is 9.90. The Kier molecular flexibility index (Phi) is 11.6. The number of rotatable bonds is 12. The molecule has 1 aromatic rings. The minimum absolute atomic E-state index is 0.0632. The molecular weight excluding hydrogens is 466 g/mol. The monoisotopic (exact) mass is 507 g/mol. The van der Waals surface area contributed by atoms with Gasteiger partial charge in [-0.25, -0.2) is 0 Å². The van der Waals surface area contributed by atoms with Crippen molar-refractivity contribution in [3.8, 4) is 11.5 Å². The summed E-state index contributed by atoms with van der Waals surface area (Å²) in [6.45, 7) is 15.5. The minimum Gasteiger partial charge on any atom is -0.458 e. The molecule has 0 radical (unpaired) electrons. The summed E-state index contributed by atoms with van der Waals surface area (Å²) in [4.78, 5) is 49.1. The highest BCUT2D eigenvalue weighted by Gasteiger charge is 2.31. The van der Waals surface area contributed by atoms with E-state index in [0.717, 1.165) is 0 Å². The highest BCUT2D eigenvalue weighted by Crippen LogP contribution is 2.30. The van der Waals surface area contributed by atoms with E-state index < -0.39 is 47.5 Å². The first-order chi connectivity index (χ1) is 16.6. The molecule has 0 amide bonds. The van der Waals surface area contributed by atoms with Crippen molar-refractivity contribution in [2.75, 3.05) is 0 Å². The van der Waals surface area contributed by atoms with Crippen LogP contribution in [-0.4, -0.2) is 42.1 Å². The molecule has 0 spiro atoms. The summed E-state index contributed by atoms with van der Waals surface area (Å²) >= 11 is 0. The third kappa shape index (κ3) is 9.26. The van der Waals surface area contributed by atoms with Gasteiger partial charge in [-0.3, -0.25) is 19.2 Å². The Bertz CT molecular complexity index is 938. The van der Waals surface area contributed by atoms with Gasteiger partial charge in [0.1, 0.15) is 18.2 Å².